The van der Waals surface area contributed by atoms with Crippen molar-refractivity contribution >= 4 is 17.7 Å². The van der Waals surface area contributed by atoms with Gasteiger partial charge in [-0.3, -0.25) is 19.6 Å². The standard InChI is InChI=1S/C14H17N5O/c20-13-11-2-1-5-16-12(11)19(10-3-6-15-7-4-10)14-17-8-9-18(13)14/h1-2,5,10,15H,3-4,6-9H2. The molecule has 3 aliphatic heterocycles. The summed E-state index contributed by atoms with van der Waals surface area (Å²) in [5.41, 5.74) is 0.701. The van der Waals surface area contributed by atoms with E-state index < -0.39 is 0 Å². The molecule has 20 heavy (non-hydrogen) atoms. The molecule has 1 N–H and O–H groups in total. The van der Waals surface area contributed by atoms with Crippen molar-refractivity contribution in [1.82, 2.24) is 15.2 Å². The number of fused-ring (bicyclic) bond motifs is 2. The highest BCUT2D eigenvalue weighted by Crippen LogP contribution is 2.31. The summed E-state index contributed by atoms with van der Waals surface area (Å²) in [7, 11) is 0. The Balaban J connectivity index is 1.82. The van der Waals surface area contributed by atoms with Crippen molar-refractivity contribution in [1.29, 1.82) is 0 Å². The van der Waals surface area contributed by atoms with Crippen molar-refractivity contribution in [2.24, 2.45) is 4.99 Å². The molecule has 0 atom stereocenters. The fourth-order valence-electron chi connectivity index (χ4n) is 3.23. The number of hydrogen-bond acceptors (Lipinski definition) is 5. The number of hydrogen-bond donors (Lipinski definition) is 1. The first-order valence-corrected chi connectivity index (χ1v) is 7.17. The predicted octanol–water partition coefficient (Wildman–Crippen LogP) is 0.465. The Hall–Kier alpha value is -1.95. The van der Waals surface area contributed by atoms with Crippen LogP contribution in [0.3, 0.4) is 0 Å². The minimum absolute atomic E-state index is 0.0366. The molecule has 1 fully saturated rings. The molecule has 6 nitrogen and oxygen atoms in total. The van der Waals surface area contributed by atoms with Crippen LogP contribution in [0, 0.1) is 0 Å². The van der Waals surface area contributed by atoms with Crippen LogP contribution in [0.25, 0.3) is 0 Å². The summed E-state index contributed by atoms with van der Waals surface area (Å²) >= 11 is 0. The molecule has 0 spiro atoms. The van der Waals surface area contributed by atoms with Gasteiger partial charge in [0.1, 0.15) is 5.82 Å². The largest absolute Gasteiger partial charge is 0.317 e. The van der Waals surface area contributed by atoms with Crippen LogP contribution in [0.15, 0.2) is 23.3 Å². The first kappa shape index (κ1) is 11.8. The van der Waals surface area contributed by atoms with Crippen LogP contribution in [0.4, 0.5) is 5.82 Å². The summed E-state index contributed by atoms with van der Waals surface area (Å²) in [5.74, 6) is 1.61. The van der Waals surface area contributed by atoms with E-state index >= 15 is 0 Å². The second-order valence-electron chi connectivity index (χ2n) is 5.36. The number of pyridine rings is 1. The van der Waals surface area contributed by atoms with Gasteiger partial charge in [-0.1, -0.05) is 0 Å². The van der Waals surface area contributed by atoms with Crippen LogP contribution >= 0.6 is 0 Å². The Morgan fingerprint density at radius 1 is 1.30 bits per heavy atom. The number of rotatable bonds is 1. The normalized spacial score (nSPS) is 22.6. The maximum Gasteiger partial charge on any atom is 0.264 e. The molecule has 0 saturated carbocycles. The smallest absolute Gasteiger partial charge is 0.264 e. The molecule has 1 aromatic heterocycles. The number of aromatic nitrogens is 1. The predicted molar refractivity (Wildman–Crippen MR) is 75.9 cm³/mol. The first-order chi connectivity index (χ1) is 9.86. The molecular weight excluding hydrogens is 254 g/mol. The fraction of sp³-hybridized carbons (Fsp3) is 0.500. The van der Waals surface area contributed by atoms with Gasteiger partial charge in [0, 0.05) is 18.8 Å². The van der Waals surface area contributed by atoms with Gasteiger partial charge in [-0.15, -0.1) is 0 Å². The van der Waals surface area contributed by atoms with Crippen LogP contribution < -0.4 is 10.2 Å². The average Bonchev–Trinajstić information content (AvgIpc) is 2.98. The van der Waals surface area contributed by atoms with Crippen molar-refractivity contribution in [3.63, 3.8) is 0 Å². The Kier molecular flexibility index (Phi) is 2.70. The van der Waals surface area contributed by atoms with Crippen LogP contribution in [0.1, 0.15) is 23.2 Å². The number of nitrogens with one attached hydrogen (secondary N) is 1. The Morgan fingerprint density at radius 3 is 3.00 bits per heavy atom. The van der Waals surface area contributed by atoms with Gasteiger partial charge in [-0.25, -0.2) is 4.98 Å². The number of carbonyl (C=O) groups is 1. The van der Waals surface area contributed by atoms with Gasteiger partial charge in [0.2, 0.25) is 5.96 Å². The number of aliphatic imine (C=N–C) groups is 1. The monoisotopic (exact) mass is 271 g/mol. The summed E-state index contributed by atoms with van der Waals surface area (Å²) in [6.45, 7) is 3.38. The van der Waals surface area contributed by atoms with E-state index in [1.54, 1.807) is 11.1 Å². The number of carbonyl (C=O) groups excluding carboxylic acids is 1. The van der Waals surface area contributed by atoms with Crippen molar-refractivity contribution in [2.45, 2.75) is 18.9 Å². The van der Waals surface area contributed by atoms with E-state index in [-0.39, 0.29) is 5.91 Å². The third-order valence-corrected chi connectivity index (χ3v) is 4.20. The third kappa shape index (κ3) is 1.64. The van der Waals surface area contributed by atoms with Gasteiger partial charge in [0.15, 0.2) is 0 Å². The van der Waals surface area contributed by atoms with Crippen molar-refractivity contribution in [3.05, 3.63) is 23.9 Å². The fourth-order valence-corrected chi connectivity index (χ4v) is 3.23. The van der Waals surface area contributed by atoms with Crippen molar-refractivity contribution < 1.29 is 4.79 Å². The lowest BCUT2D eigenvalue weighted by Gasteiger charge is -2.41. The number of anilines is 1. The average molecular weight is 271 g/mol. The Morgan fingerprint density at radius 2 is 2.15 bits per heavy atom. The third-order valence-electron chi connectivity index (χ3n) is 4.20. The molecule has 1 amide bonds. The second kappa shape index (κ2) is 4.56. The topological polar surface area (TPSA) is 60.8 Å². The Bertz CT molecular complexity index is 579. The van der Waals surface area contributed by atoms with Gasteiger partial charge in [-0.2, -0.15) is 0 Å². The molecular formula is C14H17N5O. The van der Waals surface area contributed by atoms with E-state index in [1.807, 2.05) is 12.1 Å². The van der Waals surface area contributed by atoms with E-state index in [0.29, 0.717) is 24.7 Å². The lowest BCUT2D eigenvalue weighted by atomic mass is 10.0. The molecule has 4 rings (SSSR count). The molecule has 0 unspecified atom stereocenters. The molecule has 4 heterocycles. The molecule has 1 aromatic rings. The first-order valence-electron chi connectivity index (χ1n) is 7.17. The highest BCUT2D eigenvalue weighted by atomic mass is 16.2. The maximum absolute atomic E-state index is 12.5. The van der Waals surface area contributed by atoms with Crippen molar-refractivity contribution in [2.75, 3.05) is 31.1 Å². The molecule has 3 aliphatic rings. The molecule has 1 saturated heterocycles. The summed E-state index contributed by atoms with van der Waals surface area (Å²) in [6, 6.07) is 4.07. The van der Waals surface area contributed by atoms with Crippen molar-refractivity contribution in [3.8, 4) is 0 Å². The molecule has 0 aliphatic carbocycles. The van der Waals surface area contributed by atoms with Crippen LogP contribution in [-0.2, 0) is 0 Å². The summed E-state index contributed by atoms with van der Waals surface area (Å²) in [4.78, 5) is 25.5. The number of nitrogens with zero attached hydrogens (tertiary/aromatic N) is 4. The van der Waals surface area contributed by atoms with Gasteiger partial charge in [0.25, 0.3) is 5.91 Å². The Labute approximate surface area is 117 Å². The van der Waals surface area contributed by atoms with Crippen LogP contribution in [0.2, 0.25) is 0 Å². The highest BCUT2D eigenvalue weighted by molar-refractivity contribution is 6.18. The van der Waals surface area contributed by atoms with Gasteiger partial charge in [0.05, 0.1) is 12.1 Å². The van der Waals surface area contributed by atoms with E-state index in [9.17, 15) is 4.79 Å². The van der Waals surface area contributed by atoms with E-state index in [1.165, 1.54) is 0 Å². The van der Waals surface area contributed by atoms with Crippen LogP contribution in [-0.4, -0.2) is 54.0 Å². The number of guanidine groups is 1. The molecule has 0 bridgehead atoms. The molecule has 0 radical (unpaired) electrons. The van der Waals surface area contributed by atoms with Gasteiger partial charge < -0.3 is 5.32 Å². The molecule has 104 valence electrons. The number of amides is 1. The molecule has 6 heteroatoms. The lowest BCUT2D eigenvalue weighted by Crippen LogP contribution is -2.56. The van der Waals surface area contributed by atoms with E-state index in [0.717, 1.165) is 37.7 Å². The van der Waals surface area contributed by atoms with E-state index in [4.69, 9.17) is 0 Å². The highest BCUT2D eigenvalue weighted by Gasteiger charge is 2.41. The van der Waals surface area contributed by atoms with Gasteiger partial charge in [-0.05, 0) is 38.1 Å². The maximum atomic E-state index is 12.5. The van der Waals surface area contributed by atoms with E-state index in [2.05, 4.69) is 20.2 Å². The summed E-state index contributed by atoms with van der Waals surface area (Å²) < 4.78 is 0. The lowest BCUT2D eigenvalue weighted by molar-refractivity contribution is 0.0849. The quantitative estimate of drug-likeness (QED) is 0.806. The minimum atomic E-state index is 0.0366. The summed E-state index contributed by atoms with van der Waals surface area (Å²) in [5, 5.41) is 3.38. The summed E-state index contributed by atoms with van der Waals surface area (Å²) in [6.07, 6.45) is 3.86. The second-order valence-corrected chi connectivity index (χ2v) is 5.36. The zero-order valence-corrected chi connectivity index (χ0v) is 11.2. The van der Waals surface area contributed by atoms with Crippen LogP contribution in [0.5, 0.6) is 0 Å². The zero-order valence-electron chi connectivity index (χ0n) is 11.2. The zero-order chi connectivity index (χ0) is 13.5. The number of piperidine rings is 1. The molecule has 0 aromatic carbocycles. The van der Waals surface area contributed by atoms with Gasteiger partial charge >= 0.3 is 0 Å². The minimum Gasteiger partial charge on any atom is -0.317 e. The SMILES string of the molecule is O=C1c2cccnc2N(C2CCNCC2)C2=NCCN12.